The molecule has 0 bridgehead atoms. The van der Waals surface area contributed by atoms with Gasteiger partial charge in [-0.15, -0.1) is 0 Å². The molecule has 0 atom stereocenters. The Labute approximate surface area is 116 Å². The van der Waals surface area contributed by atoms with Gasteiger partial charge in [-0.3, -0.25) is 9.79 Å². The molecule has 0 unspecified atom stereocenters. The van der Waals surface area contributed by atoms with Gasteiger partial charge >= 0.3 is 0 Å². The van der Waals surface area contributed by atoms with Gasteiger partial charge in [-0.1, -0.05) is 35.9 Å². The molecule has 0 spiro atoms. The van der Waals surface area contributed by atoms with Crippen molar-refractivity contribution >= 4 is 23.1 Å². The van der Waals surface area contributed by atoms with Gasteiger partial charge in [-0.05, 0) is 36.2 Å². The van der Waals surface area contributed by atoms with Crippen LogP contribution in [0.4, 0.5) is 0 Å². The Hall–Kier alpha value is -1.93. The SMILES string of the molecule is O=C(C1=NCCc2ccccc21)c1ccc(Cl)cc1. The number of nitrogens with zero attached hydrogens (tertiary/aromatic N) is 1. The number of hydrogen-bond donors (Lipinski definition) is 0. The van der Waals surface area contributed by atoms with E-state index < -0.39 is 0 Å². The van der Waals surface area contributed by atoms with Crippen molar-refractivity contribution in [2.24, 2.45) is 4.99 Å². The summed E-state index contributed by atoms with van der Waals surface area (Å²) in [4.78, 5) is 16.9. The molecule has 0 amide bonds. The fourth-order valence-corrected chi connectivity index (χ4v) is 2.40. The predicted octanol–water partition coefficient (Wildman–Crippen LogP) is 3.57. The van der Waals surface area contributed by atoms with Crippen LogP contribution >= 0.6 is 11.6 Å². The summed E-state index contributed by atoms with van der Waals surface area (Å²) in [6.07, 6.45) is 0.896. The van der Waals surface area contributed by atoms with Crippen molar-refractivity contribution in [3.8, 4) is 0 Å². The van der Waals surface area contributed by atoms with Crippen molar-refractivity contribution in [1.82, 2.24) is 0 Å². The maximum Gasteiger partial charge on any atom is 0.211 e. The molecule has 3 heteroatoms. The van der Waals surface area contributed by atoms with E-state index in [2.05, 4.69) is 11.1 Å². The lowest BCUT2D eigenvalue weighted by molar-refractivity contribution is 0.106. The lowest BCUT2D eigenvalue weighted by Crippen LogP contribution is -2.21. The van der Waals surface area contributed by atoms with Crippen molar-refractivity contribution in [2.45, 2.75) is 6.42 Å². The van der Waals surface area contributed by atoms with Gasteiger partial charge in [0.25, 0.3) is 0 Å². The van der Waals surface area contributed by atoms with E-state index in [4.69, 9.17) is 11.6 Å². The lowest BCUT2D eigenvalue weighted by atomic mass is 9.93. The zero-order valence-electron chi connectivity index (χ0n) is 10.3. The van der Waals surface area contributed by atoms with E-state index in [1.54, 1.807) is 24.3 Å². The summed E-state index contributed by atoms with van der Waals surface area (Å²) in [5.41, 5.74) is 3.33. The quantitative estimate of drug-likeness (QED) is 0.767. The number of rotatable bonds is 2. The fraction of sp³-hybridized carbons (Fsp3) is 0.125. The highest BCUT2D eigenvalue weighted by molar-refractivity contribution is 6.52. The molecule has 0 fully saturated rings. The summed E-state index contributed by atoms with van der Waals surface area (Å²) in [7, 11) is 0. The standard InChI is InChI=1S/C16H12ClNO/c17-13-7-5-12(6-8-13)16(19)15-14-4-2-1-3-11(14)9-10-18-15/h1-8H,9-10H2. The minimum absolute atomic E-state index is 0.0381. The zero-order chi connectivity index (χ0) is 13.2. The maximum absolute atomic E-state index is 12.5. The molecule has 0 aliphatic carbocycles. The van der Waals surface area contributed by atoms with Crippen LogP contribution in [0, 0.1) is 0 Å². The molecule has 0 radical (unpaired) electrons. The number of aliphatic imine (C=N–C) groups is 1. The van der Waals surface area contributed by atoms with Crippen molar-refractivity contribution in [2.75, 3.05) is 6.54 Å². The Morgan fingerprint density at radius 3 is 2.58 bits per heavy atom. The van der Waals surface area contributed by atoms with Crippen LogP contribution in [0.3, 0.4) is 0 Å². The molecular weight excluding hydrogens is 258 g/mol. The number of Topliss-reactive ketones (excluding diaryl/α,β-unsaturated/α-hetero) is 1. The van der Waals surface area contributed by atoms with E-state index in [0.717, 1.165) is 12.0 Å². The van der Waals surface area contributed by atoms with Crippen LogP contribution < -0.4 is 0 Å². The third kappa shape index (κ3) is 2.32. The Morgan fingerprint density at radius 2 is 1.79 bits per heavy atom. The van der Waals surface area contributed by atoms with E-state index in [0.29, 0.717) is 22.8 Å². The minimum atomic E-state index is -0.0381. The molecule has 19 heavy (non-hydrogen) atoms. The van der Waals surface area contributed by atoms with Gasteiger partial charge in [0, 0.05) is 22.7 Å². The van der Waals surface area contributed by atoms with Crippen LogP contribution in [0.2, 0.25) is 5.02 Å². The van der Waals surface area contributed by atoms with Gasteiger partial charge in [0.15, 0.2) is 0 Å². The van der Waals surface area contributed by atoms with Crippen LogP contribution in [0.1, 0.15) is 21.5 Å². The highest BCUT2D eigenvalue weighted by atomic mass is 35.5. The molecule has 2 nitrogen and oxygen atoms in total. The summed E-state index contributed by atoms with van der Waals surface area (Å²) in [6.45, 7) is 0.672. The van der Waals surface area contributed by atoms with E-state index in [1.165, 1.54) is 5.56 Å². The molecule has 0 N–H and O–H groups in total. The van der Waals surface area contributed by atoms with Crippen molar-refractivity contribution in [1.29, 1.82) is 0 Å². The van der Waals surface area contributed by atoms with Crippen molar-refractivity contribution in [3.63, 3.8) is 0 Å². The first-order valence-electron chi connectivity index (χ1n) is 6.19. The topological polar surface area (TPSA) is 29.4 Å². The Kier molecular flexibility index (Phi) is 3.18. The second-order valence-electron chi connectivity index (χ2n) is 4.47. The highest BCUT2D eigenvalue weighted by Crippen LogP contribution is 2.19. The third-order valence-electron chi connectivity index (χ3n) is 3.25. The molecular formula is C16H12ClNO. The number of ketones is 1. The second kappa shape index (κ2) is 4.98. The van der Waals surface area contributed by atoms with E-state index in [-0.39, 0.29) is 5.78 Å². The van der Waals surface area contributed by atoms with Gasteiger partial charge in [0.05, 0.1) is 0 Å². The number of benzene rings is 2. The smallest absolute Gasteiger partial charge is 0.211 e. The number of fused-ring (bicyclic) bond motifs is 1. The lowest BCUT2D eigenvalue weighted by Gasteiger charge is -2.15. The molecule has 0 aromatic heterocycles. The maximum atomic E-state index is 12.5. The number of halogens is 1. The molecule has 1 heterocycles. The van der Waals surface area contributed by atoms with Crippen LogP contribution in [0.25, 0.3) is 0 Å². The average Bonchev–Trinajstić information content (AvgIpc) is 2.47. The van der Waals surface area contributed by atoms with Crippen LogP contribution in [-0.4, -0.2) is 18.0 Å². The molecule has 94 valence electrons. The molecule has 0 saturated heterocycles. The molecule has 1 aliphatic rings. The molecule has 0 saturated carbocycles. The van der Waals surface area contributed by atoms with Crippen LogP contribution in [-0.2, 0) is 6.42 Å². The summed E-state index contributed by atoms with van der Waals surface area (Å²) in [5, 5.41) is 0.627. The highest BCUT2D eigenvalue weighted by Gasteiger charge is 2.21. The zero-order valence-corrected chi connectivity index (χ0v) is 11.0. The van der Waals surface area contributed by atoms with E-state index >= 15 is 0 Å². The first kappa shape index (κ1) is 12.1. The fourth-order valence-electron chi connectivity index (χ4n) is 2.27. The van der Waals surface area contributed by atoms with Gasteiger partial charge < -0.3 is 0 Å². The third-order valence-corrected chi connectivity index (χ3v) is 3.50. The van der Waals surface area contributed by atoms with Gasteiger partial charge in [0.2, 0.25) is 5.78 Å². The van der Waals surface area contributed by atoms with Crippen molar-refractivity contribution in [3.05, 3.63) is 70.2 Å². The van der Waals surface area contributed by atoms with Crippen LogP contribution in [0.5, 0.6) is 0 Å². The Bertz CT molecular complexity index is 659. The first-order chi connectivity index (χ1) is 9.25. The van der Waals surface area contributed by atoms with E-state index in [1.807, 2.05) is 18.2 Å². The van der Waals surface area contributed by atoms with Crippen LogP contribution in [0.15, 0.2) is 53.5 Å². The normalized spacial score (nSPS) is 13.6. The summed E-state index contributed by atoms with van der Waals surface area (Å²) < 4.78 is 0. The largest absolute Gasteiger partial charge is 0.287 e. The monoisotopic (exact) mass is 269 g/mol. The number of carbonyl (C=O) groups is 1. The number of hydrogen-bond acceptors (Lipinski definition) is 2. The predicted molar refractivity (Wildman–Crippen MR) is 77.3 cm³/mol. The Morgan fingerprint density at radius 1 is 1.05 bits per heavy atom. The first-order valence-corrected chi connectivity index (χ1v) is 6.56. The van der Waals surface area contributed by atoms with Gasteiger partial charge in [-0.2, -0.15) is 0 Å². The summed E-state index contributed by atoms with van der Waals surface area (Å²) in [6, 6.07) is 14.9. The Balaban J connectivity index is 2.01. The molecule has 2 aromatic rings. The van der Waals surface area contributed by atoms with Gasteiger partial charge in [0.1, 0.15) is 5.71 Å². The molecule has 2 aromatic carbocycles. The molecule has 1 aliphatic heterocycles. The summed E-state index contributed by atoms with van der Waals surface area (Å²) >= 11 is 5.84. The second-order valence-corrected chi connectivity index (χ2v) is 4.91. The molecule has 3 rings (SSSR count). The average molecular weight is 270 g/mol. The van der Waals surface area contributed by atoms with Gasteiger partial charge in [-0.25, -0.2) is 0 Å². The number of carbonyl (C=O) groups excluding carboxylic acids is 1. The van der Waals surface area contributed by atoms with Crippen molar-refractivity contribution < 1.29 is 4.79 Å². The van der Waals surface area contributed by atoms with E-state index in [9.17, 15) is 4.79 Å². The minimum Gasteiger partial charge on any atom is -0.287 e. The summed E-state index contributed by atoms with van der Waals surface area (Å²) in [5.74, 6) is -0.0381.